The fourth-order valence-electron chi connectivity index (χ4n) is 2.39. The van der Waals surface area contributed by atoms with Gasteiger partial charge in [-0.2, -0.15) is 0 Å². The molecule has 2 N–H and O–H groups in total. The number of nitrogens with one attached hydrogen (secondary N) is 1. The summed E-state index contributed by atoms with van der Waals surface area (Å²) in [5, 5.41) is 12.5. The van der Waals surface area contributed by atoms with Crippen LogP contribution in [0.2, 0.25) is 0 Å². The minimum Gasteiger partial charge on any atom is -0.497 e. The molecule has 0 aromatic heterocycles. The van der Waals surface area contributed by atoms with Gasteiger partial charge in [-0.1, -0.05) is 31.2 Å². The summed E-state index contributed by atoms with van der Waals surface area (Å²) in [4.78, 5) is 11.0. The summed E-state index contributed by atoms with van der Waals surface area (Å²) >= 11 is 0. The highest BCUT2D eigenvalue weighted by atomic mass is 16.5. The third kappa shape index (κ3) is 4.09. The fourth-order valence-corrected chi connectivity index (χ4v) is 2.39. The van der Waals surface area contributed by atoms with Crippen molar-refractivity contribution in [1.82, 2.24) is 5.32 Å². The molecule has 0 aliphatic carbocycles. The molecule has 1 unspecified atom stereocenters. The average Bonchev–Trinajstić information content (AvgIpc) is 2.56. The maximum atomic E-state index is 11.0. The van der Waals surface area contributed by atoms with E-state index in [0.29, 0.717) is 12.1 Å². The van der Waals surface area contributed by atoms with Crippen molar-refractivity contribution in [3.63, 3.8) is 0 Å². The maximum absolute atomic E-state index is 11.0. The van der Waals surface area contributed by atoms with Crippen LogP contribution in [0.5, 0.6) is 5.75 Å². The van der Waals surface area contributed by atoms with Crippen molar-refractivity contribution in [2.24, 2.45) is 0 Å². The van der Waals surface area contributed by atoms with Crippen LogP contribution < -0.4 is 10.1 Å². The molecule has 0 bridgehead atoms. The first-order valence-corrected chi connectivity index (χ1v) is 7.33. The average molecular weight is 299 g/mol. The first-order valence-electron chi connectivity index (χ1n) is 7.33. The molecule has 2 aromatic carbocycles. The number of benzene rings is 2. The lowest BCUT2D eigenvalue weighted by Crippen LogP contribution is -2.20. The number of aromatic carboxylic acids is 1. The normalized spacial score (nSPS) is 11.9. The van der Waals surface area contributed by atoms with Crippen molar-refractivity contribution < 1.29 is 14.6 Å². The SMILES string of the molecule is CCC(NCc1cccc(C(=O)O)c1)c1ccc(OC)cc1. The molecule has 0 saturated heterocycles. The summed E-state index contributed by atoms with van der Waals surface area (Å²) < 4.78 is 5.17. The van der Waals surface area contributed by atoms with E-state index in [-0.39, 0.29) is 6.04 Å². The van der Waals surface area contributed by atoms with Gasteiger partial charge in [-0.3, -0.25) is 0 Å². The van der Waals surface area contributed by atoms with Crippen LogP contribution in [0.4, 0.5) is 0 Å². The van der Waals surface area contributed by atoms with E-state index in [1.165, 1.54) is 5.56 Å². The van der Waals surface area contributed by atoms with Crippen LogP contribution in [0.15, 0.2) is 48.5 Å². The molecule has 0 fully saturated rings. The molecule has 4 nitrogen and oxygen atoms in total. The minimum absolute atomic E-state index is 0.222. The molecule has 0 amide bonds. The second-order valence-corrected chi connectivity index (χ2v) is 5.12. The van der Waals surface area contributed by atoms with Gasteiger partial charge in [-0.25, -0.2) is 4.79 Å². The third-order valence-electron chi connectivity index (χ3n) is 3.65. The summed E-state index contributed by atoms with van der Waals surface area (Å²) in [5.74, 6) is -0.0585. The highest BCUT2D eigenvalue weighted by Crippen LogP contribution is 2.20. The second kappa shape index (κ2) is 7.61. The Kier molecular flexibility index (Phi) is 5.55. The lowest BCUT2D eigenvalue weighted by molar-refractivity contribution is 0.0696. The van der Waals surface area contributed by atoms with Gasteiger partial charge in [-0.05, 0) is 41.8 Å². The number of carboxylic acids is 1. The fraction of sp³-hybridized carbons (Fsp3) is 0.278. The van der Waals surface area contributed by atoms with Gasteiger partial charge in [0.2, 0.25) is 0 Å². The van der Waals surface area contributed by atoms with Crippen molar-refractivity contribution in [2.45, 2.75) is 25.9 Å². The molecule has 2 aromatic rings. The molecule has 0 saturated carbocycles. The molecule has 22 heavy (non-hydrogen) atoms. The molecule has 0 aliphatic heterocycles. The van der Waals surface area contributed by atoms with Crippen LogP contribution >= 0.6 is 0 Å². The molecule has 0 spiro atoms. The van der Waals surface area contributed by atoms with Crippen molar-refractivity contribution in [1.29, 1.82) is 0 Å². The van der Waals surface area contributed by atoms with E-state index < -0.39 is 5.97 Å². The number of carboxylic acid groups (broad SMARTS) is 1. The van der Waals surface area contributed by atoms with Crippen molar-refractivity contribution >= 4 is 5.97 Å². The Hall–Kier alpha value is -2.33. The number of hydrogen-bond donors (Lipinski definition) is 2. The van der Waals surface area contributed by atoms with Crippen LogP contribution in [0.25, 0.3) is 0 Å². The van der Waals surface area contributed by atoms with Gasteiger partial charge in [0.25, 0.3) is 0 Å². The standard InChI is InChI=1S/C18H21NO3/c1-3-17(14-7-9-16(22-2)10-8-14)19-12-13-5-4-6-15(11-13)18(20)21/h4-11,17,19H,3,12H2,1-2H3,(H,20,21). The third-order valence-corrected chi connectivity index (χ3v) is 3.65. The molecular weight excluding hydrogens is 278 g/mol. The van der Waals surface area contributed by atoms with E-state index in [2.05, 4.69) is 12.2 Å². The summed E-state index contributed by atoms with van der Waals surface area (Å²) in [6.45, 7) is 2.75. The first kappa shape index (κ1) is 16.0. The highest BCUT2D eigenvalue weighted by Gasteiger charge is 2.09. The Bertz CT molecular complexity index is 622. The van der Waals surface area contributed by atoms with Crippen LogP contribution in [-0.4, -0.2) is 18.2 Å². The van der Waals surface area contributed by atoms with E-state index in [4.69, 9.17) is 9.84 Å². The predicted octanol–water partition coefficient (Wildman–Crippen LogP) is 3.63. The van der Waals surface area contributed by atoms with Gasteiger partial charge in [0.05, 0.1) is 12.7 Å². The lowest BCUT2D eigenvalue weighted by Gasteiger charge is -2.18. The van der Waals surface area contributed by atoms with E-state index in [9.17, 15) is 4.79 Å². The summed E-state index contributed by atoms with van der Waals surface area (Å²) in [5.41, 5.74) is 2.47. The molecule has 2 rings (SSSR count). The largest absolute Gasteiger partial charge is 0.497 e. The van der Waals surface area contributed by atoms with Gasteiger partial charge in [-0.15, -0.1) is 0 Å². The summed E-state index contributed by atoms with van der Waals surface area (Å²) in [6, 6.07) is 15.2. The molecule has 1 atom stereocenters. The molecule has 116 valence electrons. The number of carbonyl (C=O) groups is 1. The number of hydrogen-bond acceptors (Lipinski definition) is 3. The van der Waals surface area contributed by atoms with E-state index >= 15 is 0 Å². The van der Waals surface area contributed by atoms with E-state index in [0.717, 1.165) is 17.7 Å². The molecule has 0 heterocycles. The molecule has 0 aliphatic rings. The Morgan fingerprint density at radius 2 is 1.95 bits per heavy atom. The molecule has 4 heteroatoms. The molecule has 0 radical (unpaired) electrons. The van der Waals surface area contributed by atoms with Gasteiger partial charge in [0, 0.05) is 12.6 Å². The Morgan fingerprint density at radius 1 is 1.23 bits per heavy atom. The highest BCUT2D eigenvalue weighted by molar-refractivity contribution is 5.87. The number of methoxy groups -OCH3 is 1. The zero-order chi connectivity index (χ0) is 15.9. The second-order valence-electron chi connectivity index (χ2n) is 5.12. The zero-order valence-electron chi connectivity index (χ0n) is 12.9. The zero-order valence-corrected chi connectivity index (χ0v) is 12.9. The predicted molar refractivity (Wildman–Crippen MR) is 86.3 cm³/mol. The topological polar surface area (TPSA) is 58.6 Å². The number of ether oxygens (including phenoxy) is 1. The van der Waals surface area contributed by atoms with Gasteiger partial charge >= 0.3 is 5.97 Å². The van der Waals surface area contributed by atoms with Crippen LogP contribution in [0, 0.1) is 0 Å². The minimum atomic E-state index is -0.899. The Labute approximate surface area is 130 Å². The van der Waals surface area contributed by atoms with Crippen LogP contribution in [-0.2, 0) is 6.54 Å². The van der Waals surface area contributed by atoms with Gasteiger partial charge in [0.1, 0.15) is 5.75 Å². The molecular formula is C18H21NO3. The maximum Gasteiger partial charge on any atom is 0.335 e. The van der Waals surface area contributed by atoms with Gasteiger partial charge in [0.15, 0.2) is 0 Å². The summed E-state index contributed by atoms with van der Waals surface area (Å²) in [7, 11) is 1.65. The quantitative estimate of drug-likeness (QED) is 0.819. The van der Waals surface area contributed by atoms with Crippen molar-refractivity contribution in [3.05, 3.63) is 65.2 Å². The van der Waals surface area contributed by atoms with Crippen molar-refractivity contribution in [3.8, 4) is 5.75 Å². The first-order chi connectivity index (χ1) is 10.6. The smallest absolute Gasteiger partial charge is 0.335 e. The summed E-state index contributed by atoms with van der Waals surface area (Å²) in [6.07, 6.45) is 0.949. The van der Waals surface area contributed by atoms with E-state index in [1.54, 1.807) is 25.3 Å². The van der Waals surface area contributed by atoms with Crippen LogP contribution in [0.1, 0.15) is 40.9 Å². The number of rotatable bonds is 7. The Morgan fingerprint density at radius 3 is 2.55 bits per heavy atom. The Balaban J connectivity index is 2.04. The lowest BCUT2D eigenvalue weighted by atomic mass is 10.0. The monoisotopic (exact) mass is 299 g/mol. The van der Waals surface area contributed by atoms with Crippen LogP contribution in [0.3, 0.4) is 0 Å². The van der Waals surface area contributed by atoms with Crippen molar-refractivity contribution in [2.75, 3.05) is 7.11 Å². The van der Waals surface area contributed by atoms with Gasteiger partial charge < -0.3 is 15.2 Å². The van der Waals surface area contributed by atoms with E-state index in [1.807, 2.05) is 30.3 Å².